The molecule has 28 heavy (non-hydrogen) atoms. The number of carbonyl (C=O) groups is 2. The minimum absolute atomic E-state index is 0.0926. The number of hydrogen-bond acceptors (Lipinski definition) is 4. The first kappa shape index (κ1) is 21.5. The number of amides is 1. The Labute approximate surface area is 167 Å². The summed E-state index contributed by atoms with van der Waals surface area (Å²) in [5.74, 6) is 0.0365. The molecule has 1 amide bonds. The zero-order valence-electron chi connectivity index (χ0n) is 17.1. The second-order valence-corrected chi connectivity index (χ2v) is 7.71. The van der Waals surface area contributed by atoms with Gasteiger partial charge in [-0.3, -0.25) is 9.59 Å². The monoisotopic (exact) mass is 383 g/mol. The van der Waals surface area contributed by atoms with E-state index in [1.165, 1.54) is 0 Å². The number of carbonyl (C=O) groups excluding carboxylic acids is 2. The van der Waals surface area contributed by atoms with E-state index in [2.05, 4.69) is 0 Å². The van der Waals surface area contributed by atoms with Crippen molar-refractivity contribution < 1.29 is 19.1 Å². The van der Waals surface area contributed by atoms with Gasteiger partial charge < -0.3 is 14.4 Å². The summed E-state index contributed by atoms with van der Waals surface area (Å²) >= 11 is 0. The van der Waals surface area contributed by atoms with Crippen LogP contribution in [0.4, 0.5) is 0 Å². The quantitative estimate of drug-likeness (QED) is 0.643. The van der Waals surface area contributed by atoms with Gasteiger partial charge in [-0.2, -0.15) is 0 Å². The summed E-state index contributed by atoms with van der Waals surface area (Å²) in [5, 5.41) is 0. The van der Waals surface area contributed by atoms with Gasteiger partial charge >= 0.3 is 5.97 Å². The fourth-order valence-corrected chi connectivity index (χ4v) is 2.64. The van der Waals surface area contributed by atoms with Crippen molar-refractivity contribution in [2.24, 2.45) is 0 Å². The molecule has 0 saturated heterocycles. The molecule has 0 heterocycles. The van der Waals surface area contributed by atoms with E-state index < -0.39 is 5.97 Å². The van der Waals surface area contributed by atoms with Crippen LogP contribution in [0.5, 0.6) is 5.75 Å². The van der Waals surface area contributed by atoms with Gasteiger partial charge in [-0.1, -0.05) is 48.0 Å². The lowest BCUT2D eigenvalue weighted by Crippen LogP contribution is -2.46. The van der Waals surface area contributed by atoms with Gasteiger partial charge in [0, 0.05) is 12.1 Å². The molecule has 150 valence electrons. The maximum Gasteiger partial charge on any atom is 0.309 e. The average Bonchev–Trinajstić information content (AvgIpc) is 2.66. The van der Waals surface area contributed by atoms with Crippen LogP contribution in [0.25, 0.3) is 0 Å². The minimum Gasteiger partial charge on any atom is -0.493 e. The molecular weight excluding hydrogens is 354 g/mol. The molecule has 0 fully saturated rings. The predicted octanol–water partition coefficient (Wildman–Crippen LogP) is 4.13. The lowest BCUT2D eigenvalue weighted by Gasteiger charge is -2.35. The molecule has 0 saturated carbocycles. The van der Waals surface area contributed by atoms with Gasteiger partial charge in [-0.15, -0.1) is 0 Å². The zero-order valence-corrected chi connectivity index (χ0v) is 17.1. The SMILES string of the molecule is Cc1ccc(OCCC(=O)OCC(=O)N(Cc2ccccc2)C(C)(C)C)cc1. The standard InChI is InChI=1S/C23H29NO4/c1-18-10-12-20(13-11-18)27-15-14-22(26)28-17-21(25)24(23(2,3)4)16-19-8-6-5-7-9-19/h5-13H,14-17H2,1-4H3. The topological polar surface area (TPSA) is 55.8 Å². The Bertz CT molecular complexity index is 763. The van der Waals surface area contributed by atoms with E-state index in [1.807, 2.05) is 82.3 Å². The molecule has 2 rings (SSSR count). The van der Waals surface area contributed by atoms with Crippen LogP contribution in [0.1, 0.15) is 38.3 Å². The second kappa shape index (κ2) is 9.93. The smallest absolute Gasteiger partial charge is 0.309 e. The molecule has 2 aromatic carbocycles. The van der Waals surface area contributed by atoms with Crippen molar-refractivity contribution >= 4 is 11.9 Å². The number of aryl methyl sites for hydroxylation is 1. The van der Waals surface area contributed by atoms with Crippen LogP contribution in [0.15, 0.2) is 54.6 Å². The van der Waals surface area contributed by atoms with Crippen molar-refractivity contribution in [3.8, 4) is 5.75 Å². The molecule has 0 aliphatic carbocycles. The number of benzene rings is 2. The maximum atomic E-state index is 12.6. The van der Waals surface area contributed by atoms with Crippen molar-refractivity contribution in [3.05, 3.63) is 65.7 Å². The van der Waals surface area contributed by atoms with Crippen molar-refractivity contribution in [2.45, 2.75) is 46.2 Å². The molecule has 2 aromatic rings. The summed E-state index contributed by atoms with van der Waals surface area (Å²) in [4.78, 5) is 26.3. The van der Waals surface area contributed by atoms with Gasteiger partial charge in [0.2, 0.25) is 0 Å². The Hall–Kier alpha value is -2.82. The van der Waals surface area contributed by atoms with Crippen molar-refractivity contribution in [1.82, 2.24) is 4.90 Å². The first-order valence-electron chi connectivity index (χ1n) is 9.45. The lowest BCUT2D eigenvalue weighted by molar-refractivity contribution is -0.155. The Kier molecular flexibility index (Phi) is 7.61. The number of rotatable bonds is 8. The summed E-state index contributed by atoms with van der Waals surface area (Å²) in [6.07, 6.45) is 0.0926. The van der Waals surface area contributed by atoms with E-state index >= 15 is 0 Å². The summed E-state index contributed by atoms with van der Waals surface area (Å²) in [7, 11) is 0. The van der Waals surface area contributed by atoms with Gasteiger partial charge in [0.25, 0.3) is 5.91 Å². The van der Waals surface area contributed by atoms with E-state index in [0.717, 1.165) is 11.1 Å². The summed E-state index contributed by atoms with van der Waals surface area (Å²) in [5.41, 5.74) is 1.79. The van der Waals surface area contributed by atoms with Crippen LogP contribution < -0.4 is 4.74 Å². The van der Waals surface area contributed by atoms with Crippen molar-refractivity contribution in [2.75, 3.05) is 13.2 Å². The van der Waals surface area contributed by atoms with Crippen LogP contribution in [-0.2, 0) is 20.9 Å². The summed E-state index contributed by atoms with van der Waals surface area (Å²) < 4.78 is 10.7. The van der Waals surface area contributed by atoms with Crippen LogP contribution >= 0.6 is 0 Å². The highest BCUT2D eigenvalue weighted by Gasteiger charge is 2.27. The van der Waals surface area contributed by atoms with Gasteiger partial charge in [-0.05, 0) is 45.4 Å². The van der Waals surface area contributed by atoms with Gasteiger partial charge in [0.15, 0.2) is 6.61 Å². The fourth-order valence-electron chi connectivity index (χ4n) is 2.64. The normalized spacial score (nSPS) is 11.0. The van der Waals surface area contributed by atoms with Gasteiger partial charge in [0.05, 0.1) is 13.0 Å². The molecule has 0 aliphatic heterocycles. The van der Waals surface area contributed by atoms with Crippen LogP contribution in [0.3, 0.4) is 0 Å². The average molecular weight is 383 g/mol. The van der Waals surface area contributed by atoms with Crippen LogP contribution in [0, 0.1) is 6.92 Å². The molecule has 0 radical (unpaired) electrons. The molecule has 5 heteroatoms. The highest BCUT2D eigenvalue weighted by molar-refractivity contribution is 5.81. The molecule has 0 aromatic heterocycles. The zero-order chi connectivity index (χ0) is 20.6. The van der Waals surface area contributed by atoms with Gasteiger partial charge in [-0.25, -0.2) is 0 Å². The third kappa shape index (κ3) is 7.06. The highest BCUT2D eigenvalue weighted by Crippen LogP contribution is 2.18. The van der Waals surface area contributed by atoms with Crippen molar-refractivity contribution in [1.29, 1.82) is 0 Å². The Morgan fingerprint density at radius 3 is 2.21 bits per heavy atom. The first-order valence-corrected chi connectivity index (χ1v) is 9.45. The van der Waals surface area contributed by atoms with Crippen molar-refractivity contribution in [3.63, 3.8) is 0 Å². The molecule has 0 N–H and O–H groups in total. The number of ether oxygens (including phenoxy) is 2. The first-order chi connectivity index (χ1) is 13.3. The molecule has 0 aliphatic rings. The number of nitrogens with zero attached hydrogens (tertiary/aromatic N) is 1. The maximum absolute atomic E-state index is 12.6. The third-order valence-electron chi connectivity index (χ3n) is 4.25. The predicted molar refractivity (Wildman–Crippen MR) is 109 cm³/mol. The van der Waals surface area contributed by atoms with E-state index in [1.54, 1.807) is 4.90 Å². The molecular formula is C23H29NO4. The Morgan fingerprint density at radius 2 is 1.61 bits per heavy atom. The molecule has 0 spiro atoms. The molecule has 0 bridgehead atoms. The van der Waals surface area contributed by atoms with E-state index in [0.29, 0.717) is 12.3 Å². The van der Waals surface area contributed by atoms with Gasteiger partial charge in [0.1, 0.15) is 5.75 Å². The summed E-state index contributed by atoms with van der Waals surface area (Å²) in [6, 6.07) is 17.4. The van der Waals surface area contributed by atoms with Crippen LogP contribution in [0.2, 0.25) is 0 Å². The Morgan fingerprint density at radius 1 is 0.964 bits per heavy atom. The highest BCUT2D eigenvalue weighted by atomic mass is 16.5. The third-order valence-corrected chi connectivity index (χ3v) is 4.25. The molecule has 5 nitrogen and oxygen atoms in total. The van der Waals surface area contributed by atoms with E-state index in [-0.39, 0.29) is 31.1 Å². The van der Waals surface area contributed by atoms with E-state index in [4.69, 9.17) is 9.47 Å². The van der Waals surface area contributed by atoms with Crippen LogP contribution in [-0.4, -0.2) is 35.5 Å². The second-order valence-electron chi connectivity index (χ2n) is 7.71. The Balaban J connectivity index is 1.80. The largest absolute Gasteiger partial charge is 0.493 e. The molecule has 0 unspecified atom stereocenters. The number of esters is 1. The number of hydrogen-bond donors (Lipinski definition) is 0. The molecule has 0 atom stereocenters. The summed E-state index contributed by atoms with van der Waals surface area (Å²) in [6.45, 7) is 8.30. The lowest BCUT2D eigenvalue weighted by atomic mass is 10.0. The van der Waals surface area contributed by atoms with E-state index in [9.17, 15) is 9.59 Å². The minimum atomic E-state index is -0.450. The fraction of sp³-hybridized carbons (Fsp3) is 0.391.